The van der Waals surface area contributed by atoms with E-state index in [4.69, 9.17) is 4.74 Å². The van der Waals surface area contributed by atoms with E-state index in [1.165, 1.54) is 13.0 Å². The highest BCUT2D eigenvalue weighted by Gasteiger charge is 2.20. The normalized spacial score (nSPS) is 16.9. The van der Waals surface area contributed by atoms with Crippen molar-refractivity contribution in [1.29, 1.82) is 0 Å². The van der Waals surface area contributed by atoms with Crippen LogP contribution >= 0.6 is 0 Å². The van der Waals surface area contributed by atoms with E-state index in [2.05, 4.69) is 17.1 Å². The molecule has 4 nitrogen and oxygen atoms in total. The van der Waals surface area contributed by atoms with E-state index in [1.54, 1.807) is 7.11 Å². The van der Waals surface area contributed by atoms with E-state index < -0.39 is 0 Å². The molecule has 0 aromatic heterocycles. The molecule has 2 rings (SSSR count). The minimum atomic E-state index is 0.0351. The van der Waals surface area contributed by atoms with Crippen molar-refractivity contribution in [1.82, 2.24) is 10.2 Å². The minimum absolute atomic E-state index is 0.0351. The van der Waals surface area contributed by atoms with Crippen LogP contribution in [0.4, 0.5) is 0 Å². The molecule has 0 aliphatic carbocycles. The first-order chi connectivity index (χ1) is 10.2. The summed E-state index contributed by atoms with van der Waals surface area (Å²) in [4.78, 5) is 14.7. The highest BCUT2D eigenvalue weighted by atomic mass is 16.5. The molecule has 1 aliphatic heterocycles. The fourth-order valence-electron chi connectivity index (χ4n) is 2.80. The lowest BCUT2D eigenvalue weighted by atomic mass is 10.0. The number of ether oxygens (including phenoxy) is 1. The molecule has 1 N–H and O–H groups in total. The Morgan fingerprint density at radius 2 is 1.95 bits per heavy atom. The predicted molar refractivity (Wildman–Crippen MR) is 84.4 cm³/mol. The average Bonchev–Trinajstić information content (AvgIpc) is 2.50. The molecule has 116 valence electrons. The first kappa shape index (κ1) is 16.0. The van der Waals surface area contributed by atoms with Crippen molar-refractivity contribution in [2.24, 2.45) is 0 Å². The highest BCUT2D eigenvalue weighted by Crippen LogP contribution is 2.12. The van der Waals surface area contributed by atoms with Crippen LogP contribution in [-0.4, -0.2) is 43.6 Å². The van der Waals surface area contributed by atoms with E-state index >= 15 is 0 Å². The summed E-state index contributed by atoms with van der Waals surface area (Å²) in [6.45, 7) is 6.14. The lowest BCUT2D eigenvalue weighted by Crippen LogP contribution is -2.44. The zero-order valence-corrected chi connectivity index (χ0v) is 13.1. The molecule has 4 heteroatoms. The molecule has 1 fully saturated rings. The Kier molecular flexibility index (Phi) is 6.21. The van der Waals surface area contributed by atoms with Crippen molar-refractivity contribution in [3.05, 3.63) is 35.4 Å². The van der Waals surface area contributed by atoms with Crippen LogP contribution in [-0.2, 0) is 11.3 Å². The number of piperidine rings is 1. The molecule has 0 unspecified atom stereocenters. The maximum atomic E-state index is 12.2. The summed E-state index contributed by atoms with van der Waals surface area (Å²) >= 11 is 0. The van der Waals surface area contributed by atoms with E-state index in [-0.39, 0.29) is 5.91 Å². The first-order valence-corrected chi connectivity index (χ1v) is 7.84. The number of carbonyl (C=O) groups is 1. The molecule has 1 aromatic rings. The standard InChI is InChI=1S/C17H26N2O2/c1-3-10-19-11-8-16(9-12-19)18-17(20)15-6-4-14(5-7-15)13-21-2/h4-7,16H,3,8-13H2,1-2H3,(H,18,20). The molecule has 0 bridgehead atoms. The Morgan fingerprint density at radius 1 is 1.29 bits per heavy atom. The van der Waals surface area contributed by atoms with Gasteiger partial charge in [-0.3, -0.25) is 4.79 Å². The summed E-state index contributed by atoms with van der Waals surface area (Å²) in [5.74, 6) is 0.0351. The molecular weight excluding hydrogens is 264 g/mol. The van der Waals surface area contributed by atoms with Crippen molar-refractivity contribution in [3.8, 4) is 0 Å². The number of methoxy groups -OCH3 is 1. The van der Waals surface area contributed by atoms with Crippen molar-refractivity contribution in [3.63, 3.8) is 0 Å². The van der Waals surface area contributed by atoms with E-state index in [9.17, 15) is 4.79 Å². The number of amides is 1. The van der Waals surface area contributed by atoms with Gasteiger partial charge in [0.15, 0.2) is 0 Å². The number of nitrogens with zero attached hydrogens (tertiary/aromatic N) is 1. The second kappa shape index (κ2) is 8.15. The van der Waals surface area contributed by atoms with Crippen LogP contribution in [0.3, 0.4) is 0 Å². The Balaban J connectivity index is 1.81. The quantitative estimate of drug-likeness (QED) is 0.875. The Labute approximate surface area is 127 Å². The average molecular weight is 290 g/mol. The van der Waals surface area contributed by atoms with Gasteiger partial charge in [-0.05, 0) is 43.5 Å². The summed E-state index contributed by atoms with van der Waals surface area (Å²) in [5, 5.41) is 3.15. The van der Waals surface area contributed by atoms with Gasteiger partial charge in [0, 0.05) is 31.8 Å². The second-order valence-corrected chi connectivity index (χ2v) is 5.72. The molecular formula is C17H26N2O2. The lowest BCUT2D eigenvalue weighted by Gasteiger charge is -2.32. The number of carbonyl (C=O) groups excluding carboxylic acids is 1. The Bertz CT molecular complexity index is 437. The van der Waals surface area contributed by atoms with E-state index in [0.717, 1.165) is 37.1 Å². The molecule has 0 spiro atoms. The van der Waals surface area contributed by atoms with E-state index in [1.807, 2.05) is 24.3 Å². The maximum Gasteiger partial charge on any atom is 0.251 e. The second-order valence-electron chi connectivity index (χ2n) is 5.72. The number of nitrogens with one attached hydrogen (secondary N) is 1. The summed E-state index contributed by atoms with van der Waals surface area (Å²) in [6, 6.07) is 7.94. The molecule has 21 heavy (non-hydrogen) atoms. The molecule has 1 saturated heterocycles. The van der Waals surface area contributed by atoms with Gasteiger partial charge in [0.1, 0.15) is 0 Å². The lowest BCUT2D eigenvalue weighted by molar-refractivity contribution is 0.0911. The van der Waals surface area contributed by atoms with Gasteiger partial charge in [-0.25, -0.2) is 0 Å². The number of benzene rings is 1. The van der Waals surface area contributed by atoms with Crippen LogP contribution in [0.2, 0.25) is 0 Å². The summed E-state index contributed by atoms with van der Waals surface area (Å²) in [5.41, 5.74) is 1.81. The number of likely N-dealkylation sites (tertiary alicyclic amines) is 1. The smallest absolute Gasteiger partial charge is 0.251 e. The fourth-order valence-corrected chi connectivity index (χ4v) is 2.80. The Hall–Kier alpha value is -1.39. The number of hydrogen-bond donors (Lipinski definition) is 1. The van der Waals surface area contributed by atoms with Gasteiger partial charge in [-0.1, -0.05) is 19.1 Å². The molecule has 0 atom stereocenters. The van der Waals surface area contributed by atoms with Gasteiger partial charge >= 0.3 is 0 Å². The van der Waals surface area contributed by atoms with Crippen LogP contribution < -0.4 is 5.32 Å². The third-order valence-corrected chi connectivity index (χ3v) is 3.99. The molecule has 1 amide bonds. The van der Waals surface area contributed by atoms with Gasteiger partial charge in [0.2, 0.25) is 0 Å². The summed E-state index contributed by atoms with van der Waals surface area (Å²) in [7, 11) is 1.67. The largest absolute Gasteiger partial charge is 0.380 e. The fraction of sp³-hybridized carbons (Fsp3) is 0.588. The van der Waals surface area contributed by atoms with Crippen LogP contribution in [0.15, 0.2) is 24.3 Å². The molecule has 0 radical (unpaired) electrons. The highest BCUT2D eigenvalue weighted by molar-refractivity contribution is 5.94. The zero-order valence-electron chi connectivity index (χ0n) is 13.1. The predicted octanol–water partition coefficient (Wildman–Crippen LogP) is 2.44. The molecule has 0 saturated carbocycles. The van der Waals surface area contributed by atoms with Gasteiger partial charge < -0.3 is 15.0 Å². The SMILES string of the molecule is CCCN1CCC(NC(=O)c2ccc(COC)cc2)CC1. The van der Waals surface area contributed by atoms with Gasteiger partial charge in [0.25, 0.3) is 5.91 Å². The molecule has 1 aliphatic rings. The Morgan fingerprint density at radius 3 is 2.52 bits per heavy atom. The summed E-state index contributed by atoms with van der Waals surface area (Å²) in [6.07, 6.45) is 3.30. The van der Waals surface area contributed by atoms with E-state index in [0.29, 0.717) is 12.6 Å². The minimum Gasteiger partial charge on any atom is -0.380 e. The third-order valence-electron chi connectivity index (χ3n) is 3.99. The van der Waals surface area contributed by atoms with Gasteiger partial charge in [-0.2, -0.15) is 0 Å². The molecule has 1 aromatic carbocycles. The monoisotopic (exact) mass is 290 g/mol. The first-order valence-electron chi connectivity index (χ1n) is 7.84. The van der Waals surface area contributed by atoms with Crippen LogP contribution in [0.25, 0.3) is 0 Å². The van der Waals surface area contributed by atoms with Crippen molar-refractivity contribution in [2.45, 2.75) is 38.8 Å². The van der Waals surface area contributed by atoms with Gasteiger partial charge in [-0.15, -0.1) is 0 Å². The number of hydrogen-bond acceptors (Lipinski definition) is 3. The van der Waals surface area contributed by atoms with Gasteiger partial charge in [0.05, 0.1) is 6.61 Å². The topological polar surface area (TPSA) is 41.6 Å². The van der Waals surface area contributed by atoms with Crippen LogP contribution in [0.1, 0.15) is 42.1 Å². The summed E-state index contributed by atoms with van der Waals surface area (Å²) < 4.78 is 5.07. The maximum absolute atomic E-state index is 12.2. The van der Waals surface area contributed by atoms with Crippen LogP contribution in [0, 0.1) is 0 Å². The van der Waals surface area contributed by atoms with Crippen molar-refractivity contribution >= 4 is 5.91 Å². The third kappa shape index (κ3) is 4.83. The van der Waals surface area contributed by atoms with Crippen LogP contribution in [0.5, 0.6) is 0 Å². The number of rotatable bonds is 6. The van der Waals surface area contributed by atoms with Crippen molar-refractivity contribution < 1.29 is 9.53 Å². The zero-order chi connectivity index (χ0) is 15.1. The van der Waals surface area contributed by atoms with Crippen molar-refractivity contribution in [2.75, 3.05) is 26.7 Å². The molecule has 1 heterocycles.